The van der Waals surface area contributed by atoms with Gasteiger partial charge in [-0.05, 0) is 50.8 Å². The summed E-state index contributed by atoms with van der Waals surface area (Å²) in [6.07, 6.45) is 4.26. The van der Waals surface area contributed by atoms with Crippen LogP contribution in [-0.2, 0) is 27.8 Å². The zero-order valence-electron chi connectivity index (χ0n) is 21.7. The summed E-state index contributed by atoms with van der Waals surface area (Å²) in [5.74, 6) is -2.03. The first-order valence-electron chi connectivity index (χ1n) is 12.4. The van der Waals surface area contributed by atoms with Crippen LogP contribution in [0.2, 0.25) is 0 Å². The zero-order chi connectivity index (χ0) is 27.4. The molecule has 3 amide bonds. The van der Waals surface area contributed by atoms with E-state index in [0.29, 0.717) is 24.0 Å². The highest BCUT2D eigenvalue weighted by atomic mass is 19.1. The molecule has 1 aliphatic carbocycles. The second-order valence-corrected chi connectivity index (χ2v) is 10.6. The molecule has 9 nitrogen and oxygen atoms in total. The molecule has 1 fully saturated rings. The number of nitrogens with one attached hydrogen (secondary N) is 2. The normalized spacial score (nSPS) is 15.9. The number of nitrogens with two attached hydrogens (primary N) is 1. The van der Waals surface area contributed by atoms with Crippen LogP contribution in [0.4, 0.5) is 9.18 Å². The van der Waals surface area contributed by atoms with Crippen LogP contribution in [0.15, 0.2) is 41.3 Å². The fourth-order valence-electron chi connectivity index (χ4n) is 4.48. The van der Waals surface area contributed by atoms with Crippen LogP contribution in [-0.4, -0.2) is 39.7 Å². The number of nitrogens with zero attached hydrogens (tertiary/aromatic N) is 1. The van der Waals surface area contributed by atoms with E-state index in [0.717, 1.165) is 24.8 Å². The maximum atomic E-state index is 13.9. The molecule has 1 aliphatic rings. The number of ether oxygens (including phenoxy) is 1. The minimum Gasteiger partial charge on any atom is -0.444 e. The van der Waals surface area contributed by atoms with E-state index < -0.39 is 46.5 Å². The van der Waals surface area contributed by atoms with Crippen molar-refractivity contribution in [2.24, 2.45) is 12.8 Å². The van der Waals surface area contributed by atoms with Gasteiger partial charge in [-0.1, -0.05) is 43.5 Å². The Hall–Kier alpha value is -3.69. The van der Waals surface area contributed by atoms with Crippen molar-refractivity contribution in [3.05, 3.63) is 58.3 Å². The molecule has 0 unspecified atom stereocenters. The van der Waals surface area contributed by atoms with Gasteiger partial charge in [0.05, 0.1) is 0 Å². The number of aryl methyl sites for hydroxylation is 1. The molecule has 0 aliphatic heterocycles. The highest BCUT2D eigenvalue weighted by molar-refractivity contribution is 5.94. The van der Waals surface area contributed by atoms with Crippen LogP contribution in [0, 0.1) is 5.82 Å². The van der Waals surface area contributed by atoms with Crippen LogP contribution in [0.5, 0.6) is 0 Å². The summed E-state index contributed by atoms with van der Waals surface area (Å²) >= 11 is 0. The lowest BCUT2D eigenvalue weighted by Crippen LogP contribution is -2.63. The highest BCUT2D eigenvalue weighted by Gasteiger charge is 2.43. The molecule has 200 valence electrons. The van der Waals surface area contributed by atoms with E-state index in [2.05, 4.69) is 10.6 Å². The highest BCUT2D eigenvalue weighted by Crippen LogP contribution is 2.29. The van der Waals surface area contributed by atoms with Gasteiger partial charge >= 0.3 is 6.09 Å². The smallest absolute Gasteiger partial charge is 0.408 e. The molecule has 1 saturated carbocycles. The van der Waals surface area contributed by atoms with Gasteiger partial charge in [0.25, 0.3) is 5.56 Å². The number of hydrogen-bond donors (Lipinski definition) is 3. The summed E-state index contributed by atoms with van der Waals surface area (Å²) in [4.78, 5) is 49.8. The third kappa shape index (κ3) is 7.18. The average Bonchev–Trinajstić information content (AvgIpc) is 2.81. The van der Waals surface area contributed by atoms with Gasteiger partial charge in [0.15, 0.2) is 5.82 Å². The average molecular weight is 515 g/mol. The van der Waals surface area contributed by atoms with Gasteiger partial charge in [0.2, 0.25) is 11.8 Å². The third-order valence-electron chi connectivity index (χ3n) is 6.40. The maximum Gasteiger partial charge on any atom is 0.408 e. The molecule has 0 spiro atoms. The molecule has 1 heterocycles. The minimum absolute atomic E-state index is 0.130. The molecule has 0 bridgehead atoms. The number of pyridine rings is 1. The molecular formula is C27H35FN4O5. The summed E-state index contributed by atoms with van der Waals surface area (Å²) in [6.45, 7) is 5.22. The lowest BCUT2D eigenvalue weighted by atomic mass is 9.80. The molecule has 10 heteroatoms. The van der Waals surface area contributed by atoms with Crippen LogP contribution in [0.25, 0.3) is 11.1 Å². The number of halogens is 1. The van der Waals surface area contributed by atoms with Gasteiger partial charge in [0, 0.05) is 25.2 Å². The Morgan fingerprint density at radius 1 is 1.11 bits per heavy atom. The van der Waals surface area contributed by atoms with Crippen LogP contribution in [0.1, 0.15) is 58.4 Å². The second-order valence-electron chi connectivity index (χ2n) is 10.6. The Morgan fingerprint density at radius 2 is 1.73 bits per heavy atom. The Balaban J connectivity index is 1.75. The summed E-state index contributed by atoms with van der Waals surface area (Å²) in [6, 6.07) is 7.13. The van der Waals surface area contributed by atoms with Gasteiger partial charge in [-0.15, -0.1) is 0 Å². The van der Waals surface area contributed by atoms with E-state index in [4.69, 9.17) is 10.5 Å². The van der Waals surface area contributed by atoms with Gasteiger partial charge in [-0.2, -0.15) is 0 Å². The summed E-state index contributed by atoms with van der Waals surface area (Å²) in [7, 11) is 1.47. The number of aromatic nitrogens is 1. The van der Waals surface area contributed by atoms with E-state index in [9.17, 15) is 23.6 Å². The molecule has 0 radical (unpaired) electrons. The first-order valence-corrected chi connectivity index (χ1v) is 12.4. The monoisotopic (exact) mass is 514 g/mol. The molecule has 2 aromatic rings. The quantitative estimate of drug-likeness (QED) is 0.523. The van der Waals surface area contributed by atoms with Crippen molar-refractivity contribution in [2.75, 3.05) is 0 Å². The van der Waals surface area contributed by atoms with Crippen molar-refractivity contribution in [3.8, 4) is 11.1 Å². The molecule has 3 rings (SSSR count). The van der Waals surface area contributed by atoms with Crippen molar-refractivity contribution >= 4 is 17.9 Å². The Bertz CT molecular complexity index is 1180. The van der Waals surface area contributed by atoms with E-state index >= 15 is 0 Å². The number of alkyl carbamates (subject to hydrolysis) is 1. The first-order chi connectivity index (χ1) is 17.3. The van der Waals surface area contributed by atoms with E-state index in [1.54, 1.807) is 45.0 Å². The lowest BCUT2D eigenvalue weighted by Gasteiger charge is -2.37. The van der Waals surface area contributed by atoms with Gasteiger partial charge in [0.1, 0.15) is 17.2 Å². The fourth-order valence-corrected chi connectivity index (χ4v) is 4.48. The number of hydrogen-bond acceptors (Lipinski definition) is 5. The summed E-state index contributed by atoms with van der Waals surface area (Å²) in [5, 5.41) is 5.50. The Morgan fingerprint density at radius 3 is 2.27 bits per heavy atom. The van der Waals surface area contributed by atoms with Crippen molar-refractivity contribution in [1.82, 2.24) is 15.2 Å². The van der Waals surface area contributed by atoms with Crippen molar-refractivity contribution < 1.29 is 23.5 Å². The number of carbonyl (C=O) groups is 3. The van der Waals surface area contributed by atoms with Crippen molar-refractivity contribution in [3.63, 3.8) is 0 Å². The number of carbonyl (C=O) groups excluding carboxylic acids is 3. The molecule has 1 aromatic heterocycles. The number of amides is 3. The van der Waals surface area contributed by atoms with Gasteiger partial charge < -0.3 is 25.7 Å². The van der Waals surface area contributed by atoms with Crippen LogP contribution >= 0.6 is 0 Å². The number of rotatable bonds is 7. The molecule has 4 N–H and O–H groups in total. The van der Waals surface area contributed by atoms with Gasteiger partial charge in [-0.25, -0.2) is 9.18 Å². The fraction of sp³-hybridized carbons (Fsp3) is 0.481. The Kier molecular flexibility index (Phi) is 8.40. The van der Waals surface area contributed by atoms with E-state index in [-0.39, 0.29) is 6.42 Å². The summed E-state index contributed by atoms with van der Waals surface area (Å²) < 4.78 is 20.4. The molecule has 0 saturated heterocycles. The second kappa shape index (κ2) is 11.1. The van der Waals surface area contributed by atoms with Crippen LogP contribution < -0.4 is 21.9 Å². The molecular weight excluding hydrogens is 479 g/mol. The predicted molar refractivity (Wildman–Crippen MR) is 137 cm³/mol. The van der Waals surface area contributed by atoms with Crippen LogP contribution in [0.3, 0.4) is 0 Å². The topological polar surface area (TPSA) is 133 Å². The number of primary amides is 1. The SMILES string of the molecule is Cn1cc(-c2ccc(C[C@H](NC(=O)C3(NC(=O)OC(C)(C)C)CCCCC3)C(N)=O)cc2)cc(F)c1=O. The van der Waals surface area contributed by atoms with E-state index in [1.807, 2.05) is 0 Å². The van der Waals surface area contributed by atoms with Crippen molar-refractivity contribution in [2.45, 2.75) is 76.5 Å². The molecule has 1 atom stereocenters. The molecule has 37 heavy (non-hydrogen) atoms. The lowest BCUT2D eigenvalue weighted by molar-refractivity contribution is -0.133. The largest absolute Gasteiger partial charge is 0.444 e. The maximum absolute atomic E-state index is 13.9. The minimum atomic E-state index is -1.19. The standard InChI is InChI=1S/C27H35FN4O5/c1-26(2,3)37-25(36)31-27(12-6-5-7-13-27)24(35)30-21(22(29)33)14-17-8-10-18(11-9-17)19-15-20(28)23(34)32(4)16-19/h8-11,15-16,21H,5-7,12-14H2,1-4H3,(H2,29,33)(H,30,35)(H,31,36)/t21-/m0/s1. The van der Waals surface area contributed by atoms with Gasteiger partial charge in [-0.3, -0.25) is 14.4 Å². The molecule has 1 aromatic carbocycles. The summed E-state index contributed by atoms with van der Waals surface area (Å²) in [5.41, 5.74) is 4.92. The Labute approximate surface area is 215 Å². The third-order valence-corrected chi connectivity index (χ3v) is 6.40. The van der Waals surface area contributed by atoms with Crippen molar-refractivity contribution in [1.29, 1.82) is 0 Å². The number of benzene rings is 1. The zero-order valence-corrected chi connectivity index (χ0v) is 21.7. The predicted octanol–water partition coefficient (Wildman–Crippen LogP) is 2.93. The first kappa shape index (κ1) is 27.9. The van der Waals surface area contributed by atoms with E-state index in [1.165, 1.54) is 23.9 Å².